The number of thiazole rings is 1. The van der Waals surface area contributed by atoms with Gasteiger partial charge in [0.15, 0.2) is 0 Å². The van der Waals surface area contributed by atoms with E-state index in [-0.39, 0.29) is 6.42 Å². The molecule has 0 saturated carbocycles. The highest BCUT2D eigenvalue weighted by atomic mass is 32.2. The van der Waals surface area contributed by atoms with Gasteiger partial charge in [-0.1, -0.05) is 11.8 Å². The van der Waals surface area contributed by atoms with E-state index in [1.807, 2.05) is 23.9 Å². The fraction of sp³-hybridized carbons (Fsp3) is 0.364. The minimum absolute atomic E-state index is 0.0587. The van der Waals surface area contributed by atoms with E-state index >= 15 is 0 Å². The number of carboxylic acids is 1. The van der Waals surface area contributed by atoms with Crippen LogP contribution < -0.4 is 0 Å². The number of hydrogen-bond donors (Lipinski definition) is 1. The number of carboxylic acid groups (broad SMARTS) is 1. The molecule has 2 heterocycles. The van der Waals surface area contributed by atoms with E-state index in [1.165, 1.54) is 11.3 Å². The first-order valence-corrected chi connectivity index (χ1v) is 7.23. The first-order chi connectivity index (χ1) is 8.65. The van der Waals surface area contributed by atoms with Crippen LogP contribution in [-0.2, 0) is 17.8 Å². The van der Waals surface area contributed by atoms with E-state index in [2.05, 4.69) is 10.1 Å². The number of nitrogens with zero attached hydrogens (tertiary/aromatic N) is 3. The van der Waals surface area contributed by atoms with Crippen molar-refractivity contribution in [1.82, 2.24) is 14.8 Å². The molecule has 2 aromatic rings. The van der Waals surface area contributed by atoms with Crippen molar-refractivity contribution in [2.24, 2.45) is 0 Å². The lowest BCUT2D eigenvalue weighted by atomic mass is 10.3. The topological polar surface area (TPSA) is 68.0 Å². The largest absolute Gasteiger partial charge is 0.481 e. The predicted molar refractivity (Wildman–Crippen MR) is 71.1 cm³/mol. The van der Waals surface area contributed by atoms with Gasteiger partial charge in [0.25, 0.3) is 0 Å². The van der Waals surface area contributed by atoms with E-state index in [0.29, 0.717) is 0 Å². The van der Waals surface area contributed by atoms with Gasteiger partial charge >= 0.3 is 5.97 Å². The van der Waals surface area contributed by atoms with Crippen molar-refractivity contribution in [3.05, 3.63) is 29.0 Å². The van der Waals surface area contributed by atoms with Gasteiger partial charge < -0.3 is 5.11 Å². The van der Waals surface area contributed by atoms with Crippen molar-refractivity contribution in [1.29, 1.82) is 0 Å². The molecule has 7 heteroatoms. The molecule has 2 rings (SSSR count). The molecule has 0 fully saturated rings. The van der Waals surface area contributed by atoms with Crippen molar-refractivity contribution >= 4 is 29.1 Å². The van der Waals surface area contributed by atoms with Gasteiger partial charge in [-0.3, -0.25) is 9.48 Å². The molecule has 2 aromatic heterocycles. The summed E-state index contributed by atoms with van der Waals surface area (Å²) in [5.41, 5.74) is 0.823. The van der Waals surface area contributed by atoms with Crippen LogP contribution in [-0.4, -0.2) is 31.6 Å². The Hall–Kier alpha value is -1.34. The summed E-state index contributed by atoms with van der Waals surface area (Å²) < 4.78 is 2.79. The predicted octanol–water partition coefficient (Wildman–Crippen LogP) is 2.07. The average molecular weight is 283 g/mol. The van der Waals surface area contributed by atoms with Crippen LogP contribution in [0.1, 0.15) is 10.6 Å². The molecule has 0 unspecified atom stereocenters. The number of aromatic nitrogens is 3. The van der Waals surface area contributed by atoms with Gasteiger partial charge in [0.2, 0.25) is 0 Å². The number of hydrogen-bond acceptors (Lipinski definition) is 5. The Morgan fingerprint density at radius 3 is 3.11 bits per heavy atom. The van der Waals surface area contributed by atoms with Gasteiger partial charge in [-0.2, -0.15) is 5.10 Å². The van der Waals surface area contributed by atoms with Crippen molar-refractivity contribution in [3.8, 4) is 0 Å². The van der Waals surface area contributed by atoms with Crippen molar-refractivity contribution in [2.45, 2.75) is 24.2 Å². The Balaban J connectivity index is 1.88. The molecule has 0 atom stereocenters. The number of carbonyl (C=O) groups is 1. The fourth-order valence-electron chi connectivity index (χ4n) is 1.42. The van der Waals surface area contributed by atoms with Gasteiger partial charge in [0, 0.05) is 23.0 Å². The molecule has 0 saturated heterocycles. The van der Waals surface area contributed by atoms with Crippen LogP contribution >= 0.6 is 23.1 Å². The van der Waals surface area contributed by atoms with Crippen LogP contribution in [0.2, 0.25) is 0 Å². The maximum atomic E-state index is 10.7. The maximum absolute atomic E-state index is 10.7. The number of aryl methyl sites for hydroxylation is 2. The van der Waals surface area contributed by atoms with E-state index in [1.54, 1.807) is 18.0 Å². The Morgan fingerprint density at radius 1 is 1.61 bits per heavy atom. The first-order valence-electron chi connectivity index (χ1n) is 5.43. The highest BCUT2D eigenvalue weighted by molar-refractivity contribution is 8.01. The number of aliphatic carboxylic acids is 1. The summed E-state index contributed by atoms with van der Waals surface area (Å²) in [6.07, 6.45) is 3.73. The standard InChI is InChI=1S/C11H13N3O2S2/c1-8-9(7-10(15)16)18-11(13-8)17-6-5-14-4-2-3-12-14/h2-4H,5-7H2,1H3,(H,15,16). The summed E-state index contributed by atoms with van der Waals surface area (Å²) in [5.74, 6) is 0.0658. The summed E-state index contributed by atoms with van der Waals surface area (Å²) in [5, 5.41) is 12.9. The zero-order valence-electron chi connectivity index (χ0n) is 9.87. The van der Waals surface area contributed by atoms with E-state index in [9.17, 15) is 4.79 Å². The van der Waals surface area contributed by atoms with E-state index < -0.39 is 5.97 Å². The summed E-state index contributed by atoms with van der Waals surface area (Å²) >= 11 is 3.10. The van der Waals surface area contributed by atoms with Gasteiger partial charge in [0.1, 0.15) is 4.34 Å². The summed E-state index contributed by atoms with van der Waals surface area (Å²) in [6, 6.07) is 1.89. The lowest BCUT2D eigenvalue weighted by molar-refractivity contribution is -0.136. The smallest absolute Gasteiger partial charge is 0.308 e. The Bertz CT molecular complexity index is 522. The Labute approximate surface area is 113 Å². The third kappa shape index (κ3) is 3.58. The molecular weight excluding hydrogens is 270 g/mol. The monoisotopic (exact) mass is 283 g/mol. The molecule has 0 aromatic carbocycles. The molecular formula is C11H13N3O2S2. The second-order valence-electron chi connectivity index (χ2n) is 3.68. The van der Waals surface area contributed by atoms with Crippen LogP contribution in [0.4, 0.5) is 0 Å². The zero-order chi connectivity index (χ0) is 13.0. The normalized spacial score (nSPS) is 10.7. The molecule has 96 valence electrons. The maximum Gasteiger partial charge on any atom is 0.308 e. The number of rotatable bonds is 6. The van der Waals surface area contributed by atoms with Crippen molar-refractivity contribution < 1.29 is 9.90 Å². The summed E-state index contributed by atoms with van der Waals surface area (Å²) in [4.78, 5) is 15.9. The van der Waals surface area contributed by atoms with Gasteiger partial charge in [0.05, 0.1) is 18.7 Å². The lowest BCUT2D eigenvalue weighted by Crippen LogP contribution is -1.99. The quantitative estimate of drug-likeness (QED) is 0.822. The molecule has 0 aliphatic carbocycles. The molecule has 0 bridgehead atoms. The zero-order valence-corrected chi connectivity index (χ0v) is 11.5. The molecule has 0 amide bonds. The average Bonchev–Trinajstić information content (AvgIpc) is 2.90. The van der Waals surface area contributed by atoms with Crippen molar-refractivity contribution in [3.63, 3.8) is 0 Å². The summed E-state index contributed by atoms with van der Waals surface area (Å²) in [7, 11) is 0. The van der Waals surface area contributed by atoms with E-state index in [0.717, 1.165) is 27.2 Å². The minimum Gasteiger partial charge on any atom is -0.481 e. The molecule has 1 N–H and O–H groups in total. The SMILES string of the molecule is Cc1nc(SCCn2cccn2)sc1CC(=O)O. The Morgan fingerprint density at radius 2 is 2.44 bits per heavy atom. The van der Waals surface area contributed by atoms with Gasteiger partial charge in [-0.15, -0.1) is 11.3 Å². The lowest BCUT2D eigenvalue weighted by Gasteiger charge is -1.98. The van der Waals surface area contributed by atoms with Crippen LogP contribution in [0, 0.1) is 6.92 Å². The van der Waals surface area contributed by atoms with Crippen LogP contribution in [0.15, 0.2) is 22.8 Å². The second-order valence-corrected chi connectivity index (χ2v) is 6.10. The third-order valence-corrected chi connectivity index (χ3v) is 4.57. The molecule has 18 heavy (non-hydrogen) atoms. The highest BCUT2D eigenvalue weighted by Crippen LogP contribution is 2.27. The van der Waals surface area contributed by atoms with Gasteiger partial charge in [-0.25, -0.2) is 4.98 Å². The highest BCUT2D eigenvalue weighted by Gasteiger charge is 2.11. The molecule has 0 aliphatic rings. The number of thioether (sulfide) groups is 1. The fourth-order valence-corrected chi connectivity index (χ4v) is 3.65. The first kappa shape index (κ1) is 13.1. The molecule has 5 nitrogen and oxygen atoms in total. The third-order valence-electron chi connectivity index (χ3n) is 2.29. The van der Waals surface area contributed by atoms with E-state index in [4.69, 9.17) is 5.11 Å². The second kappa shape index (κ2) is 6.01. The Kier molecular flexibility index (Phi) is 4.38. The van der Waals surface area contributed by atoms with Crippen LogP contribution in [0.25, 0.3) is 0 Å². The molecule has 0 spiro atoms. The van der Waals surface area contributed by atoms with Gasteiger partial charge in [-0.05, 0) is 13.0 Å². The molecule has 0 radical (unpaired) electrons. The minimum atomic E-state index is -0.810. The van der Waals surface area contributed by atoms with Crippen LogP contribution in [0.3, 0.4) is 0 Å². The van der Waals surface area contributed by atoms with Crippen LogP contribution in [0.5, 0.6) is 0 Å². The molecule has 0 aliphatic heterocycles. The van der Waals surface area contributed by atoms with Crippen molar-refractivity contribution in [2.75, 3.05) is 5.75 Å². The summed E-state index contributed by atoms with van der Waals surface area (Å²) in [6.45, 7) is 2.68.